The molecule has 3 aromatic rings. The lowest BCUT2D eigenvalue weighted by molar-refractivity contribution is 0.688. The van der Waals surface area contributed by atoms with Crippen LogP contribution in [0.15, 0.2) is 24.5 Å². The minimum atomic E-state index is 0.554. The fourth-order valence-electron chi connectivity index (χ4n) is 2.38. The SMILES string of the molecule is Cc1cccc2c1nc(CCCl)n2Cc1ncn(C)n1. The Morgan fingerprint density at radius 1 is 1.30 bits per heavy atom. The van der Waals surface area contributed by atoms with Gasteiger partial charge >= 0.3 is 0 Å². The van der Waals surface area contributed by atoms with Crippen LogP contribution in [0.3, 0.4) is 0 Å². The van der Waals surface area contributed by atoms with Gasteiger partial charge < -0.3 is 4.57 Å². The molecule has 0 spiro atoms. The van der Waals surface area contributed by atoms with Gasteiger partial charge in [-0.05, 0) is 18.6 Å². The van der Waals surface area contributed by atoms with Crippen molar-refractivity contribution in [2.24, 2.45) is 7.05 Å². The van der Waals surface area contributed by atoms with Crippen LogP contribution in [0, 0.1) is 6.92 Å². The second kappa shape index (κ2) is 5.25. The predicted molar refractivity (Wildman–Crippen MR) is 79.0 cm³/mol. The third-order valence-electron chi connectivity index (χ3n) is 3.32. The summed E-state index contributed by atoms with van der Waals surface area (Å²) in [5.41, 5.74) is 3.31. The molecule has 3 rings (SSSR count). The molecule has 104 valence electrons. The minimum absolute atomic E-state index is 0.554. The van der Waals surface area contributed by atoms with Crippen LogP contribution in [0.5, 0.6) is 0 Å². The van der Waals surface area contributed by atoms with E-state index in [1.807, 2.05) is 13.1 Å². The number of halogens is 1. The molecule has 1 aromatic carbocycles. The van der Waals surface area contributed by atoms with E-state index in [1.165, 1.54) is 5.56 Å². The maximum Gasteiger partial charge on any atom is 0.170 e. The van der Waals surface area contributed by atoms with Crippen molar-refractivity contribution in [3.63, 3.8) is 0 Å². The molecular formula is C14H16ClN5. The predicted octanol–water partition coefficient (Wildman–Crippen LogP) is 2.30. The topological polar surface area (TPSA) is 48.5 Å². The quantitative estimate of drug-likeness (QED) is 0.693. The van der Waals surface area contributed by atoms with Crippen molar-refractivity contribution in [3.8, 4) is 0 Å². The van der Waals surface area contributed by atoms with Crippen molar-refractivity contribution in [2.75, 3.05) is 5.88 Å². The first-order valence-electron chi connectivity index (χ1n) is 6.54. The fourth-order valence-corrected chi connectivity index (χ4v) is 2.55. The van der Waals surface area contributed by atoms with Crippen LogP contribution in [0.2, 0.25) is 0 Å². The largest absolute Gasteiger partial charge is 0.320 e. The number of hydrogen-bond donors (Lipinski definition) is 0. The van der Waals surface area contributed by atoms with Crippen molar-refractivity contribution in [3.05, 3.63) is 41.7 Å². The van der Waals surface area contributed by atoms with Gasteiger partial charge in [0.05, 0.1) is 17.6 Å². The summed E-state index contributed by atoms with van der Waals surface area (Å²) in [6, 6.07) is 6.20. The van der Waals surface area contributed by atoms with Gasteiger partial charge in [-0.3, -0.25) is 4.68 Å². The molecule has 0 aliphatic carbocycles. The Kier molecular flexibility index (Phi) is 3.44. The number of fused-ring (bicyclic) bond motifs is 1. The molecule has 20 heavy (non-hydrogen) atoms. The van der Waals surface area contributed by atoms with E-state index >= 15 is 0 Å². The molecule has 0 saturated heterocycles. The number of rotatable bonds is 4. The van der Waals surface area contributed by atoms with Crippen molar-refractivity contribution in [1.29, 1.82) is 0 Å². The number of imidazole rings is 1. The molecular weight excluding hydrogens is 274 g/mol. The molecule has 0 atom stereocenters. The van der Waals surface area contributed by atoms with E-state index < -0.39 is 0 Å². The van der Waals surface area contributed by atoms with E-state index in [2.05, 4.69) is 33.7 Å². The van der Waals surface area contributed by atoms with Crippen LogP contribution in [0.4, 0.5) is 0 Å². The zero-order chi connectivity index (χ0) is 14.1. The molecule has 0 unspecified atom stereocenters. The van der Waals surface area contributed by atoms with E-state index in [4.69, 9.17) is 16.6 Å². The molecule has 2 aromatic heterocycles. The summed E-state index contributed by atoms with van der Waals surface area (Å²) in [6.07, 6.45) is 2.45. The zero-order valence-electron chi connectivity index (χ0n) is 11.5. The van der Waals surface area contributed by atoms with Gasteiger partial charge in [0.15, 0.2) is 5.82 Å². The van der Waals surface area contributed by atoms with E-state index in [0.717, 1.165) is 29.1 Å². The van der Waals surface area contributed by atoms with Crippen LogP contribution in [0.25, 0.3) is 11.0 Å². The van der Waals surface area contributed by atoms with E-state index in [9.17, 15) is 0 Å². The minimum Gasteiger partial charge on any atom is -0.320 e. The molecule has 0 radical (unpaired) electrons. The number of aromatic nitrogens is 5. The van der Waals surface area contributed by atoms with Gasteiger partial charge in [-0.25, -0.2) is 9.97 Å². The number of para-hydroxylation sites is 1. The summed E-state index contributed by atoms with van der Waals surface area (Å²) in [5.74, 6) is 2.32. The van der Waals surface area contributed by atoms with Crippen molar-refractivity contribution >= 4 is 22.6 Å². The first-order valence-corrected chi connectivity index (χ1v) is 7.07. The Bertz CT molecular complexity index is 743. The van der Waals surface area contributed by atoms with Crippen LogP contribution in [-0.2, 0) is 20.0 Å². The molecule has 0 aliphatic rings. The van der Waals surface area contributed by atoms with Crippen LogP contribution < -0.4 is 0 Å². The summed E-state index contributed by atoms with van der Waals surface area (Å²) in [6.45, 7) is 2.69. The highest BCUT2D eigenvalue weighted by Crippen LogP contribution is 2.21. The summed E-state index contributed by atoms with van der Waals surface area (Å²) in [7, 11) is 1.87. The van der Waals surface area contributed by atoms with Gasteiger partial charge in [0.1, 0.15) is 12.2 Å². The second-order valence-corrected chi connectivity index (χ2v) is 5.21. The maximum absolute atomic E-state index is 5.89. The summed E-state index contributed by atoms with van der Waals surface area (Å²) >= 11 is 5.89. The van der Waals surface area contributed by atoms with Gasteiger partial charge in [0.25, 0.3) is 0 Å². The first kappa shape index (κ1) is 13.1. The average molecular weight is 290 g/mol. The van der Waals surface area contributed by atoms with Crippen molar-refractivity contribution in [2.45, 2.75) is 19.9 Å². The fraction of sp³-hybridized carbons (Fsp3) is 0.357. The third kappa shape index (κ3) is 2.29. The summed E-state index contributed by atoms with van der Waals surface area (Å²) in [4.78, 5) is 9.01. The number of alkyl halides is 1. The second-order valence-electron chi connectivity index (χ2n) is 4.83. The van der Waals surface area contributed by atoms with Crippen molar-refractivity contribution in [1.82, 2.24) is 24.3 Å². The van der Waals surface area contributed by atoms with Crippen LogP contribution in [0.1, 0.15) is 17.2 Å². The van der Waals surface area contributed by atoms with E-state index in [1.54, 1.807) is 11.0 Å². The zero-order valence-corrected chi connectivity index (χ0v) is 12.3. The Balaban J connectivity index is 2.11. The lowest BCUT2D eigenvalue weighted by Crippen LogP contribution is -2.07. The molecule has 6 heteroatoms. The number of aryl methyl sites for hydroxylation is 3. The van der Waals surface area contributed by atoms with Crippen molar-refractivity contribution < 1.29 is 0 Å². The monoisotopic (exact) mass is 289 g/mol. The smallest absolute Gasteiger partial charge is 0.170 e. The molecule has 0 aliphatic heterocycles. The normalized spacial score (nSPS) is 11.3. The maximum atomic E-state index is 5.89. The highest BCUT2D eigenvalue weighted by Gasteiger charge is 2.13. The standard InChI is InChI=1S/C14H16ClN5/c1-10-4-3-5-11-14(10)17-13(6-7-15)20(11)8-12-16-9-19(2)18-12/h3-5,9H,6-8H2,1-2H3. The molecule has 0 amide bonds. The number of hydrogen-bond acceptors (Lipinski definition) is 3. The molecule has 0 bridgehead atoms. The summed E-state index contributed by atoms with van der Waals surface area (Å²) in [5, 5.41) is 4.34. The number of nitrogens with zero attached hydrogens (tertiary/aromatic N) is 5. The molecule has 5 nitrogen and oxygen atoms in total. The lowest BCUT2D eigenvalue weighted by Gasteiger charge is -2.05. The third-order valence-corrected chi connectivity index (χ3v) is 3.51. The van der Waals surface area contributed by atoms with Gasteiger partial charge in [-0.1, -0.05) is 12.1 Å². The Labute approximate surface area is 122 Å². The van der Waals surface area contributed by atoms with Gasteiger partial charge in [0.2, 0.25) is 0 Å². The van der Waals surface area contributed by atoms with Gasteiger partial charge in [-0.2, -0.15) is 5.10 Å². The Morgan fingerprint density at radius 3 is 2.85 bits per heavy atom. The molecule has 0 saturated carbocycles. The Hall–Kier alpha value is -1.88. The highest BCUT2D eigenvalue weighted by molar-refractivity contribution is 6.17. The molecule has 0 N–H and O–H groups in total. The van der Waals surface area contributed by atoms with Gasteiger partial charge in [-0.15, -0.1) is 11.6 Å². The number of benzene rings is 1. The van der Waals surface area contributed by atoms with E-state index in [-0.39, 0.29) is 0 Å². The van der Waals surface area contributed by atoms with E-state index in [0.29, 0.717) is 12.4 Å². The molecule has 0 fully saturated rings. The van der Waals surface area contributed by atoms with Crippen LogP contribution >= 0.6 is 11.6 Å². The Morgan fingerprint density at radius 2 is 2.15 bits per heavy atom. The average Bonchev–Trinajstić information content (AvgIpc) is 2.97. The lowest BCUT2D eigenvalue weighted by atomic mass is 10.2. The first-order chi connectivity index (χ1) is 9.69. The summed E-state index contributed by atoms with van der Waals surface area (Å²) < 4.78 is 3.86. The van der Waals surface area contributed by atoms with Crippen LogP contribution in [-0.4, -0.2) is 30.2 Å². The van der Waals surface area contributed by atoms with Gasteiger partial charge in [0, 0.05) is 19.3 Å². The highest BCUT2D eigenvalue weighted by atomic mass is 35.5. The molecule has 2 heterocycles.